The summed E-state index contributed by atoms with van der Waals surface area (Å²) in [5.41, 5.74) is 7.38. The minimum absolute atomic E-state index is 0.0244. The molecule has 1 aromatic heterocycles. The van der Waals surface area contributed by atoms with E-state index in [1.165, 1.54) is 0 Å². The summed E-state index contributed by atoms with van der Waals surface area (Å²) in [6, 6.07) is 12.2. The number of benzene rings is 2. The van der Waals surface area contributed by atoms with Crippen LogP contribution in [0.1, 0.15) is 22.4 Å². The lowest BCUT2D eigenvalue weighted by Gasteiger charge is -2.32. The molecule has 0 aliphatic carbocycles. The van der Waals surface area contributed by atoms with Gasteiger partial charge in [-0.15, -0.1) is 0 Å². The standard InChI is InChI=1S/C23H20N2O/c1-6-15-19(7-2)24(4)22-12-17-14(3)16-10-8-9-11-20(16)25(5)21(17)13-18(22)23(15)26/h6-13H,1-3H2,4-5H3. The van der Waals surface area contributed by atoms with Crippen LogP contribution in [0, 0.1) is 0 Å². The summed E-state index contributed by atoms with van der Waals surface area (Å²) in [6.45, 7) is 12.0. The number of hydrogen-bond acceptors (Lipinski definition) is 2. The lowest BCUT2D eigenvalue weighted by atomic mass is 9.90. The molecule has 3 heteroatoms. The highest BCUT2D eigenvalue weighted by atomic mass is 16.1. The van der Waals surface area contributed by atoms with Crippen LogP contribution in [0.3, 0.4) is 0 Å². The summed E-state index contributed by atoms with van der Waals surface area (Å²) in [6.07, 6.45) is 3.31. The lowest BCUT2D eigenvalue weighted by Crippen LogP contribution is -2.20. The van der Waals surface area contributed by atoms with E-state index in [0.717, 1.165) is 39.3 Å². The van der Waals surface area contributed by atoms with Crippen LogP contribution in [0.5, 0.6) is 0 Å². The largest absolute Gasteiger partial charge is 0.344 e. The number of pyridine rings is 1. The fourth-order valence-corrected chi connectivity index (χ4v) is 3.87. The molecule has 3 aromatic rings. The molecule has 0 fully saturated rings. The van der Waals surface area contributed by atoms with Gasteiger partial charge >= 0.3 is 0 Å². The number of rotatable bonds is 2. The van der Waals surface area contributed by atoms with E-state index in [1.807, 2.05) is 36.9 Å². The van der Waals surface area contributed by atoms with E-state index >= 15 is 0 Å². The number of fused-ring (bicyclic) bond motifs is 3. The molecule has 2 heterocycles. The van der Waals surface area contributed by atoms with Gasteiger partial charge in [-0.05, 0) is 29.8 Å². The van der Waals surface area contributed by atoms with Gasteiger partial charge in [0, 0.05) is 47.5 Å². The van der Waals surface area contributed by atoms with Crippen molar-refractivity contribution in [1.29, 1.82) is 0 Å². The van der Waals surface area contributed by atoms with E-state index in [0.29, 0.717) is 10.9 Å². The number of para-hydroxylation sites is 1. The maximum atomic E-state index is 13.0. The molecule has 2 aromatic carbocycles. The van der Waals surface area contributed by atoms with E-state index in [-0.39, 0.29) is 5.43 Å². The molecule has 3 nitrogen and oxygen atoms in total. The number of nitrogens with zero attached hydrogens (tertiary/aromatic N) is 2. The Kier molecular flexibility index (Phi) is 3.48. The third-order valence-corrected chi connectivity index (χ3v) is 5.28. The summed E-state index contributed by atoms with van der Waals surface area (Å²) in [5, 5.41) is 0.672. The van der Waals surface area contributed by atoms with Gasteiger partial charge in [0.2, 0.25) is 0 Å². The van der Waals surface area contributed by atoms with Crippen LogP contribution in [0.2, 0.25) is 0 Å². The van der Waals surface area contributed by atoms with Gasteiger partial charge in [0.05, 0.1) is 11.2 Å². The Balaban J connectivity index is 2.14. The van der Waals surface area contributed by atoms with Gasteiger partial charge in [0.15, 0.2) is 5.43 Å². The van der Waals surface area contributed by atoms with Gasteiger partial charge in [0.1, 0.15) is 0 Å². The topological polar surface area (TPSA) is 25.2 Å². The van der Waals surface area contributed by atoms with E-state index < -0.39 is 0 Å². The highest BCUT2D eigenvalue weighted by Crippen LogP contribution is 2.44. The van der Waals surface area contributed by atoms with Crippen LogP contribution in [-0.4, -0.2) is 11.6 Å². The molecule has 0 amide bonds. The van der Waals surface area contributed by atoms with Crippen molar-refractivity contribution in [3.63, 3.8) is 0 Å². The maximum absolute atomic E-state index is 13.0. The van der Waals surface area contributed by atoms with Crippen molar-refractivity contribution < 1.29 is 0 Å². The monoisotopic (exact) mass is 340 g/mol. The fourth-order valence-electron chi connectivity index (χ4n) is 3.87. The molecule has 1 aliphatic rings. The van der Waals surface area contributed by atoms with E-state index in [4.69, 9.17) is 0 Å². The second-order valence-electron chi connectivity index (χ2n) is 6.54. The summed E-state index contributed by atoms with van der Waals surface area (Å²) in [7, 11) is 3.97. The van der Waals surface area contributed by atoms with Gasteiger partial charge in [-0.25, -0.2) is 0 Å². The Morgan fingerprint density at radius 3 is 2.38 bits per heavy atom. The highest BCUT2D eigenvalue weighted by Gasteiger charge is 2.24. The summed E-state index contributed by atoms with van der Waals surface area (Å²) < 4.78 is 1.99. The first-order valence-electron chi connectivity index (χ1n) is 8.47. The van der Waals surface area contributed by atoms with E-state index in [2.05, 4.69) is 42.8 Å². The van der Waals surface area contributed by atoms with Crippen molar-refractivity contribution in [2.45, 2.75) is 0 Å². The molecule has 128 valence electrons. The molecule has 0 atom stereocenters. The zero-order chi connectivity index (χ0) is 18.6. The minimum atomic E-state index is -0.0244. The Labute approximate surface area is 152 Å². The number of hydrogen-bond donors (Lipinski definition) is 0. The first-order chi connectivity index (χ1) is 12.5. The minimum Gasteiger partial charge on any atom is -0.344 e. The molecule has 0 saturated heterocycles. The van der Waals surface area contributed by atoms with Crippen molar-refractivity contribution in [2.75, 3.05) is 11.9 Å². The average molecular weight is 340 g/mol. The maximum Gasteiger partial charge on any atom is 0.197 e. The van der Waals surface area contributed by atoms with Crippen LogP contribution < -0.4 is 10.3 Å². The Morgan fingerprint density at radius 1 is 0.962 bits per heavy atom. The van der Waals surface area contributed by atoms with Crippen molar-refractivity contribution in [2.24, 2.45) is 7.05 Å². The predicted octanol–water partition coefficient (Wildman–Crippen LogP) is 4.97. The molecule has 0 saturated carbocycles. The third-order valence-electron chi connectivity index (χ3n) is 5.28. The van der Waals surface area contributed by atoms with Gasteiger partial charge in [-0.3, -0.25) is 4.79 Å². The highest BCUT2D eigenvalue weighted by molar-refractivity contribution is 6.01. The Morgan fingerprint density at radius 2 is 1.69 bits per heavy atom. The van der Waals surface area contributed by atoms with Crippen molar-refractivity contribution >= 4 is 40.0 Å². The number of aryl methyl sites for hydroxylation is 1. The predicted molar refractivity (Wildman–Crippen MR) is 112 cm³/mol. The van der Waals surface area contributed by atoms with Crippen molar-refractivity contribution in [3.05, 3.63) is 88.7 Å². The molecule has 0 radical (unpaired) electrons. The first-order valence-corrected chi connectivity index (χ1v) is 8.47. The number of anilines is 2. The van der Waals surface area contributed by atoms with Crippen molar-refractivity contribution in [1.82, 2.24) is 4.57 Å². The Bertz CT molecular complexity index is 1180. The van der Waals surface area contributed by atoms with Crippen LogP contribution >= 0.6 is 0 Å². The second kappa shape index (κ2) is 5.60. The molecule has 0 N–H and O–H groups in total. The molecule has 26 heavy (non-hydrogen) atoms. The lowest BCUT2D eigenvalue weighted by molar-refractivity contribution is 0.932. The van der Waals surface area contributed by atoms with Gasteiger partial charge < -0.3 is 9.47 Å². The van der Waals surface area contributed by atoms with Crippen LogP contribution in [0.4, 0.5) is 11.4 Å². The van der Waals surface area contributed by atoms with Gasteiger partial charge in [0.25, 0.3) is 0 Å². The molecular weight excluding hydrogens is 320 g/mol. The number of aromatic nitrogens is 1. The quantitative estimate of drug-likeness (QED) is 0.658. The van der Waals surface area contributed by atoms with E-state index in [9.17, 15) is 4.79 Å². The second-order valence-corrected chi connectivity index (χ2v) is 6.54. The van der Waals surface area contributed by atoms with Crippen molar-refractivity contribution in [3.8, 4) is 0 Å². The van der Waals surface area contributed by atoms with Crippen LogP contribution in [-0.2, 0) is 7.05 Å². The van der Waals surface area contributed by atoms with Crippen LogP contribution in [0.15, 0.2) is 60.9 Å². The fraction of sp³-hybridized carbons (Fsp3) is 0.0870. The molecule has 0 bridgehead atoms. The molecule has 0 unspecified atom stereocenters. The van der Waals surface area contributed by atoms with Gasteiger partial charge in [-0.1, -0.05) is 44.0 Å². The third kappa shape index (κ3) is 1.97. The summed E-state index contributed by atoms with van der Waals surface area (Å²) >= 11 is 0. The van der Waals surface area contributed by atoms with Crippen LogP contribution in [0.25, 0.3) is 28.6 Å². The summed E-state index contributed by atoms with van der Waals surface area (Å²) in [5.74, 6) is 0. The first kappa shape index (κ1) is 16.2. The zero-order valence-corrected chi connectivity index (χ0v) is 15.0. The smallest absolute Gasteiger partial charge is 0.197 e. The van der Waals surface area contributed by atoms with E-state index in [1.54, 1.807) is 12.2 Å². The SMILES string of the molecule is C=Cc1c(C=C)n(C)c2cc3c(cc2c1=O)N(C)c1ccccc1C3=C. The molecule has 4 rings (SSSR count). The molecule has 0 spiro atoms. The molecule has 1 aliphatic heterocycles. The normalized spacial score (nSPS) is 12.7. The average Bonchev–Trinajstić information content (AvgIpc) is 2.67. The summed E-state index contributed by atoms with van der Waals surface area (Å²) in [4.78, 5) is 15.2. The Hall–Kier alpha value is -3.33. The molecular formula is C23H20N2O. The zero-order valence-electron chi connectivity index (χ0n) is 15.0. The van der Waals surface area contributed by atoms with Gasteiger partial charge in [-0.2, -0.15) is 0 Å².